The van der Waals surface area contributed by atoms with Crippen LogP contribution in [0.5, 0.6) is 17.2 Å². The van der Waals surface area contributed by atoms with Crippen molar-refractivity contribution in [3.8, 4) is 17.2 Å². The number of carbonyl (C=O) groups is 1. The maximum atomic E-state index is 13.6. The highest BCUT2D eigenvalue weighted by atomic mass is 35.5. The van der Waals surface area contributed by atoms with E-state index < -0.39 is 0 Å². The molecule has 0 unspecified atom stereocenters. The van der Waals surface area contributed by atoms with Crippen LogP contribution in [0.25, 0.3) is 10.9 Å². The van der Waals surface area contributed by atoms with Crippen LogP contribution >= 0.6 is 11.6 Å². The summed E-state index contributed by atoms with van der Waals surface area (Å²) in [4.78, 5) is 16.0. The monoisotopic (exact) mass is 532 g/mol. The van der Waals surface area contributed by atoms with Crippen LogP contribution in [0.2, 0.25) is 5.02 Å². The molecule has 0 aliphatic heterocycles. The number of halogens is 1. The van der Waals surface area contributed by atoms with Gasteiger partial charge in [-0.3, -0.25) is 4.79 Å². The molecule has 0 saturated carbocycles. The lowest BCUT2D eigenvalue weighted by Gasteiger charge is -2.17. The molecule has 0 aliphatic carbocycles. The smallest absolute Gasteiger partial charge is 0.209 e. The SMILES string of the molecule is CCCCn1c(C(=O)c2ccc(OCCCN(CC)CC)cc2)cc2cc(Oc3ccc(Cl)cc3)ccc21. The van der Waals surface area contributed by atoms with Crippen molar-refractivity contribution in [3.63, 3.8) is 0 Å². The Balaban J connectivity index is 1.50. The summed E-state index contributed by atoms with van der Waals surface area (Å²) < 4.78 is 14.1. The molecule has 3 aromatic carbocycles. The number of benzene rings is 3. The van der Waals surface area contributed by atoms with Gasteiger partial charge in [0.25, 0.3) is 0 Å². The number of rotatable bonds is 14. The molecule has 4 aromatic rings. The minimum Gasteiger partial charge on any atom is -0.494 e. The van der Waals surface area contributed by atoms with E-state index in [2.05, 4.69) is 30.2 Å². The molecule has 5 nitrogen and oxygen atoms in total. The standard InChI is InChI=1S/C32H37ClN2O3/c1-4-7-20-35-30-18-17-29(38-28-15-11-26(33)12-16-28)22-25(30)23-31(35)32(36)24-9-13-27(14-10-24)37-21-8-19-34(5-2)6-3/h9-18,22-23H,4-8,19-21H2,1-3H3. The Kier molecular flexibility index (Phi) is 9.85. The Morgan fingerprint density at radius 1 is 0.842 bits per heavy atom. The number of aryl methyl sites for hydroxylation is 1. The third-order valence-corrected chi connectivity index (χ3v) is 7.04. The van der Waals surface area contributed by atoms with Gasteiger partial charge in [0.15, 0.2) is 0 Å². The van der Waals surface area contributed by atoms with Gasteiger partial charge in [-0.2, -0.15) is 0 Å². The highest BCUT2D eigenvalue weighted by molar-refractivity contribution is 6.30. The Morgan fingerprint density at radius 2 is 1.53 bits per heavy atom. The molecule has 38 heavy (non-hydrogen) atoms. The molecule has 0 N–H and O–H groups in total. The number of unbranched alkanes of at least 4 members (excludes halogenated alkanes) is 1. The number of aromatic nitrogens is 1. The average molecular weight is 533 g/mol. The Labute approximate surface area is 230 Å². The van der Waals surface area contributed by atoms with Crippen molar-refractivity contribution in [3.05, 3.63) is 89.1 Å². The van der Waals surface area contributed by atoms with Gasteiger partial charge < -0.3 is 18.9 Å². The fourth-order valence-corrected chi connectivity index (χ4v) is 4.69. The van der Waals surface area contributed by atoms with Crippen molar-refractivity contribution in [2.75, 3.05) is 26.2 Å². The van der Waals surface area contributed by atoms with E-state index >= 15 is 0 Å². The van der Waals surface area contributed by atoms with E-state index in [0.717, 1.165) is 62.1 Å². The van der Waals surface area contributed by atoms with Gasteiger partial charge >= 0.3 is 0 Å². The number of hydrogen-bond acceptors (Lipinski definition) is 4. The summed E-state index contributed by atoms with van der Waals surface area (Å²) in [5.74, 6) is 2.22. The highest BCUT2D eigenvalue weighted by Crippen LogP contribution is 2.30. The van der Waals surface area contributed by atoms with Crippen LogP contribution in [-0.4, -0.2) is 41.5 Å². The minimum absolute atomic E-state index is 0.00514. The van der Waals surface area contributed by atoms with Crippen LogP contribution in [0, 0.1) is 0 Å². The molecule has 0 spiro atoms. The molecule has 0 aliphatic rings. The van der Waals surface area contributed by atoms with Gasteiger partial charge in [0.05, 0.1) is 12.3 Å². The predicted molar refractivity (Wildman–Crippen MR) is 156 cm³/mol. The molecule has 200 valence electrons. The summed E-state index contributed by atoms with van der Waals surface area (Å²) >= 11 is 5.99. The maximum Gasteiger partial charge on any atom is 0.209 e. The van der Waals surface area contributed by atoms with Gasteiger partial charge in [0, 0.05) is 34.6 Å². The second-order valence-corrected chi connectivity index (χ2v) is 9.83. The van der Waals surface area contributed by atoms with Gasteiger partial charge in [-0.15, -0.1) is 0 Å². The van der Waals surface area contributed by atoms with Crippen molar-refractivity contribution in [1.29, 1.82) is 0 Å². The Morgan fingerprint density at radius 3 is 2.21 bits per heavy atom. The van der Waals surface area contributed by atoms with Crippen molar-refractivity contribution in [2.24, 2.45) is 0 Å². The number of nitrogens with zero attached hydrogens (tertiary/aromatic N) is 2. The second-order valence-electron chi connectivity index (χ2n) is 9.39. The lowest BCUT2D eigenvalue weighted by atomic mass is 10.1. The van der Waals surface area contributed by atoms with Crippen LogP contribution < -0.4 is 9.47 Å². The first-order chi connectivity index (χ1) is 18.5. The fraction of sp³-hybridized carbons (Fsp3) is 0.344. The highest BCUT2D eigenvalue weighted by Gasteiger charge is 2.18. The summed E-state index contributed by atoms with van der Waals surface area (Å²) in [6.45, 7) is 11.1. The molecule has 0 fully saturated rings. The Hall–Kier alpha value is -3.28. The molecule has 1 aromatic heterocycles. The molecule has 1 heterocycles. The van der Waals surface area contributed by atoms with Crippen molar-refractivity contribution < 1.29 is 14.3 Å². The minimum atomic E-state index is 0.00514. The number of carbonyl (C=O) groups excluding carboxylic acids is 1. The van der Waals surface area contributed by atoms with Crippen molar-refractivity contribution in [2.45, 2.75) is 46.6 Å². The first-order valence-electron chi connectivity index (χ1n) is 13.6. The number of hydrogen-bond donors (Lipinski definition) is 0. The zero-order valence-corrected chi connectivity index (χ0v) is 23.3. The summed E-state index contributed by atoms with van der Waals surface area (Å²) in [7, 11) is 0. The van der Waals surface area contributed by atoms with E-state index in [9.17, 15) is 4.79 Å². The van der Waals surface area contributed by atoms with E-state index in [1.54, 1.807) is 12.1 Å². The molecule has 0 atom stereocenters. The average Bonchev–Trinajstić information content (AvgIpc) is 3.30. The molecule has 4 rings (SSSR count). The van der Waals surface area contributed by atoms with Crippen molar-refractivity contribution >= 4 is 28.3 Å². The van der Waals surface area contributed by atoms with Gasteiger partial charge in [-0.05, 0) is 98.7 Å². The second kappa shape index (κ2) is 13.5. The predicted octanol–water partition coefficient (Wildman–Crippen LogP) is 8.23. The summed E-state index contributed by atoms with van der Waals surface area (Å²) in [5.41, 5.74) is 2.36. The number of ether oxygens (including phenoxy) is 2. The zero-order chi connectivity index (χ0) is 26.9. The first-order valence-corrected chi connectivity index (χ1v) is 14.0. The van der Waals surface area contributed by atoms with Crippen LogP contribution in [0.3, 0.4) is 0 Å². The molecule has 0 radical (unpaired) electrons. The van der Waals surface area contributed by atoms with Gasteiger partial charge in [0.1, 0.15) is 17.2 Å². The van der Waals surface area contributed by atoms with E-state index in [-0.39, 0.29) is 5.78 Å². The van der Waals surface area contributed by atoms with Crippen LogP contribution in [-0.2, 0) is 6.54 Å². The van der Waals surface area contributed by atoms with Crippen molar-refractivity contribution in [1.82, 2.24) is 9.47 Å². The van der Waals surface area contributed by atoms with E-state index in [1.165, 1.54) is 0 Å². The third kappa shape index (κ3) is 6.97. The first kappa shape index (κ1) is 27.7. The number of ketones is 1. The molecule has 6 heteroatoms. The van der Waals surface area contributed by atoms with Crippen LogP contribution in [0.1, 0.15) is 56.1 Å². The van der Waals surface area contributed by atoms with Gasteiger partial charge in [0.2, 0.25) is 5.78 Å². The summed E-state index contributed by atoms with van der Waals surface area (Å²) in [6.07, 6.45) is 3.02. The van der Waals surface area contributed by atoms with Gasteiger partial charge in [-0.25, -0.2) is 0 Å². The third-order valence-electron chi connectivity index (χ3n) is 6.79. The molecular formula is C32H37ClN2O3. The summed E-state index contributed by atoms with van der Waals surface area (Å²) in [6, 6.07) is 22.7. The normalized spacial score (nSPS) is 11.3. The Bertz CT molecular complexity index is 1330. The van der Waals surface area contributed by atoms with E-state index in [4.69, 9.17) is 21.1 Å². The van der Waals surface area contributed by atoms with E-state index in [0.29, 0.717) is 34.4 Å². The topological polar surface area (TPSA) is 43.7 Å². The quantitative estimate of drug-likeness (QED) is 0.121. The summed E-state index contributed by atoms with van der Waals surface area (Å²) in [5, 5.41) is 1.64. The molecule has 0 amide bonds. The fourth-order valence-electron chi connectivity index (χ4n) is 4.56. The zero-order valence-electron chi connectivity index (χ0n) is 22.6. The lowest BCUT2D eigenvalue weighted by molar-refractivity contribution is 0.103. The number of fused-ring (bicyclic) bond motifs is 1. The molecular weight excluding hydrogens is 496 g/mol. The van der Waals surface area contributed by atoms with Gasteiger partial charge in [-0.1, -0.05) is 38.8 Å². The maximum absolute atomic E-state index is 13.6. The lowest BCUT2D eigenvalue weighted by Crippen LogP contribution is -2.25. The van der Waals surface area contributed by atoms with Crippen LogP contribution in [0.15, 0.2) is 72.8 Å². The largest absolute Gasteiger partial charge is 0.494 e. The molecule has 0 saturated heterocycles. The molecule has 0 bridgehead atoms. The van der Waals surface area contributed by atoms with Crippen LogP contribution in [0.4, 0.5) is 0 Å². The van der Waals surface area contributed by atoms with E-state index in [1.807, 2.05) is 60.7 Å².